The van der Waals surface area contributed by atoms with Crippen LogP contribution in [0, 0.1) is 11.6 Å². The molecule has 0 unspecified atom stereocenters. The number of carbonyl (C=O) groups is 1. The van der Waals surface area contributed by atoms with Gasteiger partial charge in [0.15, 0.2) is 0 Å². The molecule has 22 heavy (non-hydrogen) atoms. The second-order valence-corrected chi connectivity index (χ2v) is 4.50. The van der Waals surface area contributed by atoms with Crippen molar-refractivity contribution in [3.05, 3.63) is 65.7 Å². The average molecular weight is 304 g/mol. The van der Waals surface area contributed by atoms with E-state index in [-0.39, 0.29) is 5.56 Å². The van der Waals surface area contributed by atoms with E-state index in [0.717, 1.165) is 0 Å². The Morgan fingerprint density at radius 1 is 1.18 bits per heavy atom. The summed E-state index contributed by atoms with van der Waals surface area (Å²) in [6.07, 6.45) is 0.310. The fourth-order valence-electron chi connectivity index (χ4n) is 1.58. The van der Waals surface area contributed by atoms with Crippen LogP contribution in [0.2, 0.25) is 0 Å². The van der Waals surface area contributed by atoms with E-state index in [4.69, 9.17) is 4.84 Å². The molecule has 2 aromatic rings. The van der Waals surface area contributed by atoms with Crippen molar-refractivity contribution in [2.45, 2.75) is 13.0 Å². The first kappa shape index (κ1) is 15.6. The largest absolute Gasteiger partial charge is 0.383 e. The number of benzene rings is 2. The third kappa shape index (κ3) is 4.37. The Morgan fingerprint density at radius 3 is 2.55 bits per heavy atom. The maximum Gasteiger partial charge on any atom is 0.267 e. The smallest absolute Gasteiger partial charge is 0.267 e. The number of amides is 1. The quantitative estimate of drug-likeness (QED) is 0.680. The summed E-state index contributed by atoms with van der Waals surface area (Å²) in [6.45, 7) is 1.50. The number of nitrogens with zero attached hydrogens (tertiary/aromatic N) is 1. The van der Waals surface area contributed by atoms with Crippen molar-refractivity contribution in [3.8, 4) is 0 Å². The summed E-state index contributed by atoms with van der Waals surface area (Å²) in [5.74, 6) is -1.27. The average Bonchev–Trinajstić information content (AvgIpc) is 2.51. The van der Waals surface area contributed by atoms with Crippen LogP contribution in [0.4, 0.5) is 14.5 Å². The van der Waals surface area contributed by atoms with E-state index in [2.05, 4.69) is 10.5 Å². The Bertz CT molecular complexity index is 672. The molecule has 0 radical (unpaired) electrons. The highest BCUT2D eigenvalue weighted by Gasteiger charge is 2.14. The van der Waals surface area contributed by atoms with Gasteiger partial charge in [-0.3, -0.25) is 4.79 Å². The lowest BCUT2D eigenvalue weighted by molar-refractivity contribution is -0.126. The third-order valence-corrected chi connectivity index (χ3v) is 2.80. The van der Waals surface area contributed by atoms with E-state index in [1.165, 1.54) is 49.5 Å². The lowest BCUT2D eigenvalue weighted by atomic mass is 10.2. The molecule has 0 bridgehead atoms. The molecule has 2 aromatic carbocycles. The first-order valence-corrected chi connectivity index (χ1v) is 6.56. The monoisotopic (exact) mass is 304 g/mol. The minimum Gasteiger partial charge on any atom is -0.383 e. The molecule has 0 aliphatic rings. The molecular weight excluding hydrogens is 290 g/mol. The van der Waals surface area contributed by atoms with Crippen LogP contribution in [0.15, 0.2) is 53.7 Å². The fourth-order valence-corrected chi connectivity index (χ4v) is 1.58. The number of rotatable bonds is 5. The Kier molecular flexibility index (Phi) is 5.19. The highest BCUT2D eigenvalue weighted by atomic mass is 19.1. The predicted molar refractivity (Wildman–Crippen MR) is 79.6 cm³/mol. The van der Waals surface area contributed by atoms with Crippen LogP contribution in [-0.2, 0) is 9.63 Å². The first-order chi connectivity index (χ1) is 10.6. The van der Waals surface area contributed by atoms with Crippen molar-refractivity contribution < 1.29 is 18.4 Å². The minimum absolute atomic E-state index is 0.258. The van der Waals surface area contributed by atoms with Gasteiger partial charge in [-0.15, -0.1) is 0 Å². The summed E-state index contributed by atoms with van der Waals surface area (Å²) in [5.41, 5.74) is 0.702. The van der Waals surface area contributed by atoms with Crippen molar-refractivity contribution in [1.29, 1.82) is 0 Å². The van der Waals surface area contributed by atoms with E-state index in [0.29, 0.717) is 5.69 Å². The van der Waals surface area contributed by atoms with Crippen LogP contribution >= 0.6 is 0 Å². The summed E-state index contributed by atoms with van der Waals surface area (Å²) < 4.78 is 26.1. The number of oxime groups is 1. The lowest BCUT2D eigenvalue weighted by Crippen LogP contribution is -2.26. The Morgan fingerprint density at radius 2 is 1.86 bits per heavy atom. The highest BCUT2D eigenvalue weighted by Crippen LogP contribution is 2.09. The molecule has 0 spiro atoms. The topological polar surface area (TPSA) is 50.7 Å². The molecular formula is C16H14F2N2O2. The molecule has 0 aliphatic heterocycles. The first-order valence-electron chi connectivity index (χ1n) is 6.56. The van der Waals surface area contributed by atoms with E-state index in [1.54, 1.807) is 12.1 Å². The normalized spacial score (nSPS) is 12.1. The summed E-state index contributed by atoms with van der Waals surface area (Å²) in [6, 6.07) is 11.4. The molecule has 0 aliphatic carbocycles. The van der Waals surface area contributed by atoms with Gasteiger partial charge in [-0.25, -0.2) is 8.78 Å². The Labute approximate surface area is 126 Å². The molecule has 0 heterocycles. The zero-order valence-corrected chi connectivity index (χ0v) is 11.8. The molecule has 1 amide bonds. The summed E-state index contributed by atoms with van der Waals surface area (Å²) in [5, 5.41) is 6.14. The van der Waals surface area contributed by atoms with Crippen LogP contribution in [0.25, 0.3) is 0 Å². The van der Waals surface area contributed by atoms with Crippen molar-refractivity contribution in [3.63, 3.8) is 0 Å². The fraction of sp³-hybridized carbons (Fsp3) is 0.125. The van der Waals surface area contributed by atoms with Gasteiger partial charge < -0.3 is 10.2 Å². The molecule has 114 valence electrons. The maximum atomic E-state index is 13.3. The zero-order valence-electron chi connectivity index (χ0n) is 11.8. The molecule has 1 N–H and O–H groups in total. The molecule has 1 atom stereocenters. The number of hydrogen-bond donors (Lipinski definition) is 1. The standard InChI is InChI=1S/C16H14F2N2O2/c1-11(16(21)20-14-8-6-13(17)7-9-14)22-19-10-12-4-2-3-5-15(12)18/h2-11H,1H3,(H,20,21)/b19-10-/t11-/m1/s1. The van der Waals surface area contributed by atoms with Gasteiger partial charge in [0.2, 0.25) is 6.10 Å². The summed E-state index contributed by atoms with van der Waals surface area (Å²) in [4.78, 5) is 16.8. The molecule has 0 fully saturated rings. The minimum atomic E-state index is -0.881. The maximum absolute atomic E-state index is 13.3. The van der Waals surface area contributed by atoms with Crippen LogP contribution in [0.5, 0.6) is 0 Å². The van der Waals surface area contributed by atoms with Gasteiger partial charge in [0.1, 0.15) is 11.6 Å². The molecule has 0 aromatic heterocycles. The third-order valence-electron chi connectivity index (χ3n) is 2.80. The second kappa shape index (κ2) is 7.31. The van der Waals surface area contributed by atoms with Gasteiger partial charge in [0, 0.05) is 11.3 Å². The van der Waals surface area contributed by atoms with Crippen molar-refractivity contribution in [2.75, 3.05) is 5.32 Å². The van der Waals surface area contributed by atoms with Gasteiger partial charge in [-0.2, -0.15) is 0 Å². The number of hydrogen-bond acceptors (Lipinski definition) is 3. The summed E-state index contributed by atoms with van der Waals surface area (Å²) >= 11 is 0. The number of anilines is 1. The zero-order chi connectivity index (χ0) is 15.9. The van der Waals surface area contributed by atoms with Crippen LogP contribution < -0.4 is 5.32 Å². The molecule has 0 saturated heterocycles. The SMILES string of the molecule is C[C@@H](O/N=C\c1ccccc1F)C(=O)Nc1ccc(F)cc1. The van der Waals surface area contributed by atoms with Crippen molar-refractivity contribution >= 4 is 17.8 Å². The van der Waals surface area contributed by atoms with Gasteiger partial charge in [-0.05, 0) is 37.3 Å². The number of halogens is 2. The van der Waals surface area contributed by atoms with E-state index in [9.17, 15) is 13.6 Å². The van der Waals surface area contributed by atoms with Crippen LogP contribution in [-0.4, -0.2) is 18.2 Å². The number of carbonyl (C=O) groups excluding carboxylic acids is 1. The molecule has 4 nitrogen and oxygen atoms in total. The van der Waals surface area contributed by atoms with Crippen LogP contribution in [0.3, 0.4) is 0 Å². The Balaban J connectivity index is 1.89. The number of nitrogens with one attached hydrogen (secondary N) is 1. The molecule has 2 rings (SSSR count). The second-order valence-electron chi connectivity index (χ2n) is 4.50. The van der Waals surface area contributed by atoms with Gasteiger partial charge in [-0.1, -0.05) is 23.4 Å². The van der Waals surface area contributed by atoms with Gasteiger partial charge in [0.05, 0.1) is 6.21 Å². The van der Waals surface area contributed by atoms with Crippen molar-refractivity contribution in [1.82, 2.24) is 0 Å². The lowest BCUT2D eigenvalue weighted by Gasteiger charge is -2.10. The Hall–Kier alpha value is -2.76. The van der Waals surface area contributed by atoms with E-state index < -0.39 is 23.6 Å². The van der Waals surface area contributed by atoms with E-state index >= 15 is 0 Å². The van der Waals surface area contributed by atoms with E-state index in [1.807, 2.05) is 0 Å². The van der Waals surface area contributed by atoms with Gasteiger partial charge >= 0.3 is 0 Å². The van der Waals surface area contributed by atoms with Crippen molar-refractivity contribution in [2.24, 2.45) is 5.16 Å². The highest BCUT2D eigenvalue weighted by molar-refractivity contribution is 5.93. The predicted octanol–water partition coefficient (Wildman–Crippen LogP) is 3.34. The molecule has 0 saturated carbocycles. The van der Waals surface area contributed by atoms with Crippen LogP contribution in [0.1, 0.15) is 12.5 Å². The van der Waals surface area contributed by atoms with Gasteiger partial charge in [0.25, 0.3) is 5.91 Å². The molecule has 6 heteroatoms. The summed E-state index contributed by atoms with van der Waals surface area (Å²) in [7, 11) is 0.